The maximum atomic E-state index is 12.2. The molecule has 3 rings (SSSR count). The van der Waals surface area contributed by atoms with Crippen LogP contribution in [-0.2, 0) is 22.6 Å². The Bertz CT molecular complexity index is 670. The minimum Gasteiger partial charge on any atom is -0.342 e. The number of pyridine rings is 1. The van der Waals surface area contributed by atoms with Gasteiger partial charge in [-0.1, -0.05) is 24.3 Å². The van der Waals surface area contributed by atoms with Crippen molar-refractivity contribution in [3.05, 3.63) is 59.9 Å². The average molecular weight is 281 g/mol. The zero-order valence-electron chi connectivity index (χ0n) is 11.5. The molecule has 0 bridgehead atoms. The van der Waals surface area contributed by atoms with Crippen LogP contribution in [0, 0.1) is 0 Å². The summed E-state index contributed by atoms with van der Waals surface area (Å²) in [6, 6.07) is 13.1. The van der Waals surface area contributed by atoms with Crippen molar-refractivity contribution in [2.24, 2.45) is 0 Å². The second-order valence-electron chi connectivity index (χ2n) is 4.84. The summed E-state index contributed by atoms with van der Waals surface area (Å²) >= 11 is 0. The first-order chi connectivity index (χ1) is 10.3. The molecular weight excluding hydrogens is 266 g/mol. The molecule has 106 valence electrons. The second kappa shape index (κ2) is 5.75. The largest absolute Gasteiger partial charge is 0.342 e. The van der Waals surface area contributed by atoms with Crippen LogP contribution in [0.25, 0.3) is 0 Å². The number of nitrogens with one attached hydrogen (secondary N) is 1. The Hall–Kier alpha value is -2.69. The Morgan fingerprint density at radius 3 is 2.76 bits per heavy atom. The van der Waals surface area contributed by atoms with Gasteiger partial charge in [-0.25, -0.2) is 0 Å². The molecule has 2 aromatic rings. The summed E-state index contributed by atoms with van der Waals surface area (Å²) in [7, 11) is 0. The summed E-state index contributed by atoms with van der Waals surface area (Å²) in [6.45, 7) is 0.802. The molecule has 0 radical (unpaired) electrons. The number of benzene rings is 1. The van der Waals surface area contributed by atoms with Gasteiger partial charge in [0.25, 0.3) is 0 Å². The van der Waals surface area contributed by atoms with Crippen molar-refractivity contribution in [3.63, 3.8) is 0 Å². The third kappa shape index (κ3) is 2.76. The lowest BCUT2D eigenvalue weighted by Crippen LogP contribution is -2.42. The van der Waals surface area contributed by atoms with E-state index in [9.17, 15) is 9.59 Å². The predicted molar refractivity (Wildman–Crippen MR) is 78.6 cm³/mol. The molecule has 5 heteroatoms. The minimum atomic E-state index is -0.600. The summed E-state index contributed by atoms with van der Waals surface area (Å²) in [5.41, 5.74) is 2.65. The fourth-order valence-electron chi connectivity index (χ4n) is 2.42. The van der Waals surface area contributed by atoms with Crippen LogP contribution in [0.4, 0.5) is 5.69 Å². The van der Waals surface area contributed by atoms with Gasteiger partial charge in [-0.05, 0) is 30.2 Å². The third-order valence-electron chi connectivity index (χ3n) is 3.48. The monoisotopic (exact) mass is 281 g/mol. The number of hydrogen-bond donors (Lipinski definition) is 1. The van der Waals surface area contributed by atoms with Gasteiger partial charge in [-0.2, -0.15) is 0 Å². The molecule has 0 fully saturated rings. The highest BCUT2D eigenvalue weighted by Crippen LogP contribution is 2.27. The number of carbonyl (C=O) groups is 2. The van der Waals surface area contributed by atoms with E-state index >= 15 is 0 Å². The Morgan fingerprint density at radius 2 is 1.95 bits per heavy atom. The van der Waals surface area contributed by atoms with Crippen molar-refractivity contribution in [1.82, 2.24) is 10.3 Å². The summed E-state index contributed by atoms with van der Waals surface area (Å²) in [6.07, 6.45) is 2.44. The van der Waals surface area contributed by atoms with Crippen molar-refractivity contribution in [2.75, 3.05) is 11.4 Å². The van der Waals surface area contributed by atoms with Crippen LogP contribution >= 0.6 is 0 Å². The molecule has 2 heterocycles. The fourth-order valence-corrected chi connectivity index (χ4v) is 2.42. The number of anilines is 1. The molecule has 0 spiro atoms. The number of amides is 2. The number of para-hydroxylation sites is 1. The van der Waals surface area contributed by atoms with E-state index in [2.05, 4.69) is 10.3 Å². The SMILES string of the molecule is O=C(NCc1ccccn1)C(=O)N1CCc2ccccc21. The Labute approximate surface area is 122 Å². The molecule has 5 nitrogen and oxygen atoms in total. The van der Waals surface area contributed by atoms with E-state index < -0.39 is 11.8 Å². The molecule has 0 saturated carbocycles. The second-order valence-corrected chi connectivity index (χ2v) is 4.84. The van der Waals surface area contributed by atoms with E-state index in [1.165, 1.54) is 4.90 Å². The Balaban J connectivity index is 1.65. The Kier molecular flexibility index (Phi) is 3.64. The zero-order valence-corrected chi connectivity index (χ0v) is 11.5. The van der Waals surface area contributed by atoms with Crippen molar-refractivity contribution in [1.29, 1.82) is 0 Å². The standard InChI is InChI=1S/C16H15N3O2/c20-15(18-11-13-6-3-4-9-17-13)16(21)19-10-8-12-5-1-2-7-14(12)19/h1-7,9H,8,10-11H2,(H,18,20). The molecular formula is C16H15N3O2. The van der Waals surface area contributed by atoms with E-state index in [1.807, 2.05) is 30.3 Å². The van der Waals surface area contributed by atoms with Crippen LogP contribution < -0.4 is 10.2 Å². The lowest BCUT2D eigenvalue weighted by atomic mass is 10.2. The van der Waals surface area contributed by atoms with Crippen LogP contribution in [-0.4, -0.2) is 23.3 Å². The molecule has 1 aliphatic heterocycles. The maximum Gasteiger partial charge on any atom is 0.316 e. The molecule has 1 aliphatic rings. The number of aromatic nitrogens is 1. The lowest BCUT2D eigenvalue weighted by molar-refractivity contribution is -0.137. The average Bonchev–Trinajstić information content (AvgIpc) is 2.97. The number of hydrogen-bond acceptors (Lipinski definition) is 3. The molecule has 0 atom stereocenters. The first kappa shape index (κ1) is 13.3. The number of rotatable bonds is 2. The van der Waals surface area contributed by atoms with Gasteiger partial charge >= 0.3 is 11.8 Å². The number of nitrogens with zero attached hydrogens (tertiary/aromatic N) is 2. The van der Waals surface area contributed by atoms with Gasteiger partial charge in [0.2, 0.25) is 0 Å². The van der Waals surface area contributed by atoms with E-state index in [4.69, 9.17) is 0 Å². The van der Waals surface area contributed by atoms with E-state index in [-0.39, 0.29) is 6.54 Å². The van der Waals surface area contributed by atoms with Crippen LogP contribution in [0.5, 0.6) is 0 Å². The first-order valence-corrected chi connectivity index (χ1v) is 6.83. The van der Waals surface area contributed by atoms with E-state index in [0.29, 0.717) is 6.54 Å². The molecule has 2 amide bonds. The van der Waals surface area contributed by atoms with Crippen LogP contribution in [0.15, 0.2) is 48.7 Å². The van der Waals surface area contributed by atoms with Crippen LogP contribution in [0.1, 0.15) is 11.3 Å². The highest BCUT2D eigenvalue weighted by Gasteiger charge is 2.28. The van der Waals surface area contributed by atoms with Crippen molar-refractivity contribution in [2.45, 2.75) is 13.0 Å². The van der Waals surface area contributed by atoms with Gasteiger partial charge in [0.05, 0.1) is 12.2 Å². The molecule has 0 aliphatic carbocycles. The van der Waals surface area contributed by atoms with Crippen LogP contribution in [0.2, 0.25) is 0 Å². The molecule has 1 aromatic heterocycles. The topological polar surface area (TPSA) is 62.3 Å². The van der Waals surface area contributed by atoms with E-state index in [0.717, 1.165) is 23.4 Å². The highest BCUT2D eigenvalue weighted by atomic mass is 16.2. The number of carbonyl (C=O) groups excluding carboxylic acids is 2. The Morgan fingerprint density at radius 1 is 1.14 bits per heavy atom. The molecule has 0 unspecified atom stereocenters. The fraction of sp³-hybridized carbons (Fsp3) is 0.188. The van der Waals surface area contributed by atoms with Gasteiger partial charge in [-0.15, -0.1) is 0 Å². The van der Waals surface area contributed by atoms with Crippen LogP contribution in [0.3, 0.4) is 0 Å². The summed E-state index contributed by atoms with van der Waals surface area (Å²) < 4.78 is 0. The molecule has 21 heavy (non-hydrogen) atoms. The highest BCUT2D eigenvalue weighted by molar-refractivity contribution is 6.40. The zero-order chi connectivity index (χ0) is 14.7. The minimum absolute atomic E-state index is 0.251. The normalized spacial score (nSPS) is 12.9. The first-order valence-electron chi connectivity index (χ1n) is 6.83. The van der Waals surface area contributed by atoms with Gasteiger partial charge in [0.15, 0.2) is 0 Å². The van der Waals surface area contributed by atoms with E-state index in [1.54, 1.807) is 18.3 Å². The molecule has 1 aromatic carbocycles. The van der Waals surface area contributed by atoms with Gasteiger partial charge in [-0.3, -0.25) is 14.6 Å². The van der Waals surface area contributed by atoms with Crippen molar-refractivity contribution in [3.8, 4) is 0 Å². The van der Waals surface area contributed by atoms with Crippen molar-refractivity contribution >= 4 is 17.5 Å². The van der Waals surface area contributed by atoms with Crippen molar-refractivity contribution < 1.29 is 9.59 Å². The maximum absolute atomic E-state index is 12.2. The molecule has 0 saturated heterocycles. The van der Waals surface area contributed by atoms with Gasteiger partial charge in [0, 0.05) is 18.4 Å². The third-order valence-corrected chi connectivity index (χ3v) is 3.48. The number of fused-ring (bicyclic) bond motifs is 1. The summed E-state index contributed by atoms with van der Waals surface area (Å²) in [4.78, 5) is 29.8. The lowest BCUT2D eigenvalue weighted by Gasteiger charge is -2.16. The summed E-state index contributed by atoms with van der Waals surface area (Å²) in [5.74, 6) is -1.12. The van der Waals surface area contributed by atoms with Gasteiger partial charge in [0.1, 0.15) is 0 Å². The van der Waals surface area contributed by atoms with Gasteiger partial charge < -0.3 is 10.2 Å². The quantitative estimate of drug-likeness (QED) is 0.844. The smallest absolute Gasteiger partial charge is 0.316 e. The molecule has 1 N–H and O–H groups in total. The predicted octanol–water partition coefficient (Wildman–Crippen LogP) is 1.29. The summed E-state index contributed by atoms with van der Waals surface area (Å²) in [5, 5.41) is 2.61.